The second-order valence-corrected chi connectivity index (χ2v) is 6.08. The lowest BCUT2D eigenvalue weighted by atomic mass is 10.1. The highest BCUT2D eigenvalue weighted by molar-refractivity contribution is 5.95. The highest BCUT2D eigenvalue weighted by atomic mass is 19.1. The third-order valence-electron chi connectivity index (χ3n) is 4.47. The molecule has 1 saturated heterocycles. The van der Waals surface area contributed by atoms with E-state index in [4.69, 9.17) is 0 Å². The Morgan fingerprint density at radius 2 is 1.70 bits per heavy atom. The van der Waals surface area contributed by atoms with Crippen molar-refractivity contribution in [1.82, 2.24) is 24.4 Å². The van der Waals surface area contributed by atoms with Crippen LogP contribution in [0.1, 0.15) is 10.4 Å². The van der Waals surface area contributed by atoms with Gasteiger partial charge in [0.2, 0.25) is 0 Å². The molecule has 0 N–H and O–H groups in total. The Morgan fingerprint density at radius 1 is 1.00 bits per heavy atom. The Bertz CT molecular complexity index is 934. The zero-order chi connectivity index (χ0) is 18.8. The van der Waals surface area contributed by atoms with E-state index in [2.05, 4.69) is 15.0 Å². The molecule has 3 aromatic rings. The number of halogens is 2. The van der Waals surface area contributed by atoms with Gasteiger partial charge in [0.1, 0.15) is 41.5 Å². The van der Waals surface area contributed by atoms with E-state index in [1.54, 1.807) is 23.3 Å². The number of amides is 1. The third kappa shape index (κ3) is 3.35. The molecule has 1 aliphatic rings. The smallest absolute Gasteiger partial charge is 0.259 e. The van der Waals surface area contributed by atoms with Gasteiger partial charge in [0.25, 0.3) is 5.91 Å². The first-order valence-electron chi connectivity index (χ1n) is 8.42. The van der Waals surface area contributed by atoms with Crippen molar-refractivity contribution in [2.45, 2.75) is 0 Å². The Balaban J connectivity index is 1.47. The molecule has 0 atom stereocenters. The fraction of sp³-hybridized carbons (Fsp3) is 0.222. The number of aromatic nitrogens is 4. The van der Waals surface area contributed by atoms with Crippen molar-refractivity contribution in [3.8, 4) is 5.82 Å². The summed E-state index contributed by atoms with van der Waals surface area (Å²) in [5.41, 5.74) is -0.504. The minimum absolute atomic E-state index is 0.344. The molecule has 138 valence electrons. The summed E-state index contributed by atoms with van der Waals surface area (Å²) >= 11 is 0. The average Bonchev–Trinajstić information content (AvgIpc) is 3.23. The second-order valence-electron chi connectivity index (χ2n) is 6.08. The van der Waals surface area contributed by atoms with Crippen LogP contribution in [0.2, 0.25) is 0 Å². The summed E-state index contributed by atoms with van der Waals surface area (Å²) in [6, 6.07) is 5.25. The number of carbonyl (C=O) groups is 1. The molecule has 7 nitrogen and oxygen atoms in total. The average molecular weight is 370 g/mol. The summed E-state index contributed by atoms with van der Waals surface area (Å²) in [4.78, 5) is 28.4. The summed E-state index contributed by atoms with van der Waals surface area (Å²) in [5, 5.41) is 0. The summed E-state index contributed by atoms with van der Waals surface area (Å²) < 4.78 is 29.5. The van der Waals surface area contributed by atoms with Crippen LogP contribution in [0.15, 0.2) is 49.3 Å². The fourth-order valence-corrected chi connectivity index (χ4v) is 3.04. The number of anilines is 1. The molecule has 1 aliphatic heterocycles. The first-order valence-corrected chi connectivity index (χ1v) is 8.42. The van der Waals surface area contributed by atoms with Crippen LogP contribution >= 0.6 is 0 Å². The zero-order valence-electron chi connectivity index (χ0n) is 14.3. The normalized spacial score (nSPS) is 14.4. The van der Waals surface area contributed by atoms with Crippen LogP contribution < -0.4 is 4.90 Å². The molecule has 4 rings (SSSR count). The van der Waals surface area contributed by atoms with E-state index in [-0.39, 0.29) is 0 Å². The minimum atomic E-state index is -0.844. The van der Waals surface area contributed by atoms with Crippen molar-refractivity contribution in [3.63, 3.8) is 0 Å². The summed E-state index contributed by atoms with van der Waals surface area (Å²) in [6.45, 7) is 1.69. The van der Waals surface area contributed by atoms with Crippen LogP contribution in [0, 0.1) is 11.6 Å². The molecule has 0 saturated carbocycles. The Labute approximate surface area is 153 Å². The van der Waals surface area contributed by atoms with Crippen molar-refractivity contribution in [1.29, 1.82) is 0 Å². The SMILES string of the molecule is O=C(c1c(F)cccc1F)N1CCN(c2cc(-n3ccnc3)ncn2)CC1. The molecule has 0 radical (unpaired) electrons. The van der Waals surface area contributed by atoms with E-state index in [1.165, 1.54) is 17.3 Å². The van der Waals surface area contributed by atoms with Crippen LogP contribution in [-0.4, -0.2) is 56.5 Å². The predicted octanol–water partition coefficient (Wildman–Crippen LogP) is 1.90. The fourth-order valence-electron chi connectivity index (χ4n) is 3.04. The maximum Gasteiger partial charge on any atom is 0.259 e. The van der Waals surface area contributed by atoms with Gasteiger partial charge in [0.15, 0.2) is 0 Å². The van der Waals surface area contributed by atoms with Crippen LogP contribution in [0.5, 0.6) is 0 Å². The number of hydrogen-bond donors (Lipinski definition) is 0. The third-order valence-corrected chi connectivity index (χ3v) is 4.47. The van der Waals surface area contributed by atoms with Gasteiger partial charge in [-0.3, -0.25) is 9.36 Å². The lowest BCUT2D eigenvalue weighted by molar-refractivity contribution is 0.0736. The number of carbonyl (C=O) groups excluding carboxylic acids is 1. The van der Waals surface area contributed by atoms with Crippen molar-refractivity contribution >= 4 is 11.7 Å². The van der Waals surface area contributed by atoms with Crippen LogP contribution in [0.4, 0.5) is 14.6 Å². The number of hydrogen-bond acceptors (Lipinski definition) is 5. The van der Waals surface area contributed by atoms with E-state index >= 15 is 0 Å². The summed E-state index contributed by atoms with van der Waals surface area (Å²) in [5.74, 6) is -0.916. The predicted molar refractivity (Wildman–Crippen MR) is 93.6 cm³/mol. The number of imidazole rings is 1. The highest BCUT2D eigenvalue weighted by Crippen LogP contribution is 2.19. The van der Waals surface area contributed by atoms with Crippen LogP contribution in [0.3, 0.4) is 0 Å². The summed E-state index contributed by atoms with van der Waals surface area (Å²) in [6.07, 6.45) is 6.56. The van der Waals surface area contributed by atoms with Gasteiger partial charge in [-0.1, -0.05) is 6.07 Å². The second kappa shape index (κ2) is 7.10. The van der Waals surface area contributed by atoms with Gasteiger partial charge >= 0.3 is 0 Å². The van der Waals surface area contributed by atoms with Crippen molar-refractivity contribution in [2.75, 3.05) is 31.1 Å². The molecule has 1 fully saturated rings. The van der Waals surface area contributed by atoms with E-state index in [9.17, 15) is 13.6 Å². The summed E-state index contributed by atoms with van der Waals surface area (Å²) in [7, 11) is 0. The van der Waals surface area contributed by atoms with Gasteiger partial charge in [0, 0.05) is 44.6 Å². The molecule has 9 heteroatoms. The standard InChI is InChI=1S/C18H16F2N6O/c19-13-2-1-3-14(20)17(13)18(27)25-8-6-24(7-9-25)15-10-16(23-11-22-15)26-5-4-21-12-26/h1-5,10-12H,6-9H2. The van der Waals surface area contributed by atoms with E-state index in [0.29, 0.717) is 32.0 Å². The highest BCUT2D eigenvalue weighted by Gasteiger charge is 2.27. The van der Waals surface area contributed by atoms with E-state index in [0.717, 1.165) is 18.0 Å². The Morgan fingerprint density at radius 3 is 2.37 bits per heavy atom. The lowest BCUT2D eigenvalue weighted by Crippen LogP contribution is -2.49. The molecule has 0 spiro atoms. The van der Waals surface area contributed by atoms with Gasteiger partial charge in [-0.15, -0.1) is 0 Å². The van der Waals surface area contributed by atoms with Gasteiger partial charge in [-0.25, -0.2) is 23.7 Å². The zero-order valence-corrected chi connectivity index (χ0v) is 14.3. The van der Waals surface area contributed by atoms with Crippen LogP contribution in [-0.2, 0) is 0 Å². The Hall–Kier alpha value is -3.36. The topological polar surface area (TPSA) is 67.2 Å². The monoisotopic (exact) mass is 370 g/mol. The van der Waals surface area contributed by atoms with Crippen molar-refractivity contribution in [3.05, 3.63) is 66.5 Å². The molecular formula is C18H16F2N6O. The van der Waals surface area contributed by atoms with Gasteiger partial charge in [-0.05, 0) is 12.1 Å². The molecule has 0 bridgehead atoms. The first kappa shape index (κ1) is 17.1. The van der Waals surface area contributed by atoms with Gasteiger partial charge in [0.05, 0.1) is 0 Å². The minimum Gasteiger partial charge on any atom is -0.353 e. The van der Waals surface area contributed by atoms with Crippen molar-refractivity contribution < 1.29 is 13.6 Å². The molecule has 1 aromatic carbocycles. The number of nitrogens with zero attached hydrogens (tertiary/aromatic N) is 6. The van der Waals surface area contributed by atoms with Crippen LogP contribution in [0.25, 0.3) is 5.82 Å². The quantitative estimate of drug-likeness (QED) is 0.705. The molecule has 2 aromatic heterocycles. The Kier molecular flexibility index (Phi) is 4.49. The molecule has 0 aliphatic carbocycles. The number of rotatable bonds is 3. The van der Waals surface area contributed by atoms with Gasteiger partial charge < -0.3 is 9.80 Å². The number of piperazine rings is 1. The lowest BCUT2D eigenvalue weighted by Gasteiger charge is -2.35. The van der Waals surface area contributed by atoms with E-state index in [1.807, 2.05) is 11.0 Å². The van der Waals surface area contributed by atoms with Gasteiger partial charge in [-0.2, -0.15) is 0 Å². The maximum atomic E-state index is 13.9. The molecular weight excluding hydrogens is 354 g/mol. The van der Waals surface area contributed by atoms with Crippen molar-refractivity contribution in [2.24, 2.45) is 0 Å². The molecule has 0 unspecified atom stereocenters. The van der Waals surface area contributed by atoms with E-state index < -0.39 is 23.1 Å². The maximum absolute atomic E-state index is 13.9. The molecule has 1 amide bonds. The number of benzene rings is 1. The molecule has 27 heavy (non-hydrogen) atoms. The first-order chi connectivity index (χ1) is 13.1. The largest absolute Gasteiger partial charge is 0.353 e. The molecule has 3 heterocycles.